The van der Waals surface area contributed by atoms with Crippen LogP contribution in [0.5, 0.6) is 0 Å². The van der Waals surface area contributed by atoms with E-state index in [1.165, 1.54) is 0 Å². The van der Waals surface area contributed by atoms with E-state index >= 15 is 0 Å². The van der Waals surface area contributed by atoms with Gasteiger partial charge in [-0.2, -0.15) is 0 Å². The molecule has 0 aromatic heterocycles. The van der Waals surface area contributed by atoms with Crippen molar-refractivity contribution in [3.63, 3.8) is 0 Å². The standard InChI is InChI=1S/C17H20N2O2/c1-11-4-3-5-12(2)16(11)17(21)19-10-15(20)13-6-8-14(18)9-7-13/h3-9,15,20H,10,18H2,1-2H3,(H,19,21). The van der Waals surface area contributed by atoms with Gasteiger partial charge >= 0.3 is 0 Å². The molecule has 2 aromatic carbocycles. The molecular weight excluding hydrogens is 264 g/mol. The van der Waals surface area contributed by atoms with Crippen LogP contribution in [0.25, 0.3) is 0 Å². The topological polar surface area (TPSA) is 75.3 Å². The molecule has 2 rings (SSSR count). The molecule has 4 N–H and O–H groups in total. The van der Waals surface area contributed by atoms with Crippen molar-refractivity contribution in [3.05, 3.63) is 64.7 Å². The van der Waals surface area contributed by atoms with E-state index in [9.17, 15) is 9.90 Å². The molecule has 110 valence electrons. The lowest BCUT2D eigenvalue weighted by Gasteiger charge is -2.14. The predicted molar refractivity (Wildman–Crippen MR) is 84.1 cm³/mol. The number of carbonyl (C=O) groups excluding carboxylic acids is 1. The minimum absolute atomic E-state index is 0.163. The van der Waals surface area contributed by atoms with Crippen molar-refractivity contribution in [1.82, 2.24) is 5.32 Å². The lowest BCUT2D eigenvalue weighted by molar-refractivity contribution is 0.0915. The summed E-state index contributed by atoms with van der Waals surface area (Å²) in [5.41, 5.74) is 9.50. The van der Waals surface area contributed by atoms with Gasteiger partial charge in [-0.25, -0.2) is 0 Å². The Kier molecular flexibility index (Phi) is 4.60. The van der Waals surface area contributed by atoms with Crippen LogP contribution >= 0.6 is 0 Å². The Labute approximate surface area is 124 Å². The monoisotopic (exact) mass is 284 g/mol. The van der Waals surface area contributed by atoms with Gasteiger partial charge in [0.2, 0.25) is 0 Å². The molecule has 2 aromatic rings. The van der Waals surface area contributed by atoms with Crippen molar-refractivity contribution in [2.45, 2.75) is 20.0 Å². The summed E-state index contributed by atoms with van der Waals surface area (Å²) in [6, 6.07) is 12.7. The van der Waals surface area contributed by atoms with E-state index < -0.39 is 6.10 Å². The number of amides is 1. The Bertz CT molecular complexity index is 615. The smallest absolute Gasteiger partial charge is 0.251 e. The van der Waals surface area contributed by atoms with Gasteiger partial charge in [0.1, 0.15) is 0 Å². The second-order valence-corrected chi connectivity index (χ2v) is 5.16. The number of nitrogen functional groups attached to an aromatic ring is 1. The van der Waals surface area contributed by atoms with Gasteiger partial charge in [-0.15, -0.1) is 0 Å². The molecule has 0 heterocycles. The summed E-state index contributed by atoms with van der Waals surface area (Å²) in [5.74, 6) is -0.167. The van der Waals surface area contributed by atoms with Crippen molar-refractivity contribution in [1.29, 1.82) is 0 Å². The van der Waals surface area contributed by atoms with Crippen molar-refractivity contribution in [3.8, 4) is 0 Å². The number of benzene rings is 2. The fourth-order valence-electron chi connectivity index (χ4n) is 2.29. The van der Waals surface area contributed by atoms with Gasteiger partial charge in [0.15, 0.2) is 0 Å². The van der Waals surface area contributed by atoms with Gasteiger partial charge < -0.3 is 16.2 Å². The Morgan fingerprint density at radius 3 is 2.29 bits per heavy atom. The summed E-state index contributed by atoms with van der Waals surface area (Å²) in [4.78, 5) is 12.2. The van der Waals surface area contributed by atoms with Crippen molar-refractivity contribution < 1.29 is 9.90 Å². The number of carbonyl (C=O) groups is 1. The molecule has 0 spiro atoms. The quantitative estimate of drug-likeness (QED) is 0.754. The summed E-state index contributed by atoms with van der Waals surface area (Å²) >= 11 is 0. The number of rotatable bonds is 4. The maximum atomic E-state index is 12.2. The lowest BCUT2D eigenvalue weighted by atomic mass is 10.0. The summed E-state index contributed by atoms with van der Waals surface area (Å²) in [5, 5.41) is 12.9. The molecule has 1 atom stereocenters. The molecule has 0 saturated carbocycles. The zero-order chi connectivity index (χ0) is 15.4. The number of hydrogen-bond donors (Lipinski definition) is 3. The highest BCUT2D eigenvalue weighted by atomic mass is 16.3. The van der Waals surface area contributed by atoms with Crippen LogP contribution < -0.4 is 11.1 Å². The SMILES string of the molecule is Cc1cccc(C)c1C(=O)NCC(O)c1ccc(N)cc1. The predicted octanol–water partition coefficient (Wildman–Crippen LogP) is 2.35. The van der Waals surface area contributed by atoms with Crippen molar-refractivity contribution >= 4 is 11.6 Å². The third kappa shape index (κ3) is 3.61. The number of aliphatic hydroxyl groups is 1. The number of nitrogens with two attached hydrogens (primary N) is 1. The molecule has 4 nitrogen and oxygen atoms in total. The van der Waals surface area contributed by atoms with Crippen LogP contribution in [0.15, 0.2) is 42.5 Å². The zero-order valence-corrected chi connectivity index (χ0v) is 12.3. The summed E-state index contributed by atoms with van der Waals surface area (Å²) < 4.78 is 0. The van der Waals surface area contributed by atoms with Crippen molar-refractivity contribution in [2.75, 3.05) is 12.3 Å². The Morgan fingerprint density at radius 2 is 1.71 bits per heavy atom. The molecule has 0 aliphatic carbocycles. The normalized spacial score (nSPS) is 12.0. The second kappa shape index (κ2) is 6.41. The Hall–Kier alpha value is -2.33. The van der Waals surface area contributed by atoms with E-state index in [1.54, 1.807) is 24.3 Å². The van der Waals surface area contributed by atoms with Gasteiger partial charge in [-0.1, -0.05) is 30.3 Å². The first-order chi connectivity index (χ1) is 9.99. The number of anilines is 1. The largest absolute Gasteiger partial charge is 0.399 e. The Morgan fingerprint density at radius 1 is 1.14 bits per heavy atom. The van der Waals surface area contributed by atoms with Gasteiger partial charge in [-0.05, 0) is 42.7 Å². The molecule has 0 fully saturated rings. The maximum Gasteiger partial charge on any atom is 0.251 e. The van der Waals surface area contributed by atoms with Gasteiger partial charge in [-0.3, -0.25) is 4.79 Å². The van der Waals surface area contributed by atoms with Crippen LogP contribution in [0.2, 0.25) is 0 Å². The van der Waals surface area contributed by atoms with Crippen LogP contribution in [0.4, 0.5) is 5.69 Å². The van der Waals surface area contributed by atoms with Gasteiger partial charge in [0, 0.05) is 17.8 Å². The number of hydrogen-bond acceptors (Lipinski definition) is 3. The maximum absolute atomic E-state index is 12.2. The molecule has 21 heavy (non-hydrogen) atoms. The van der Waals surface area contributed by atoms with Crippen LogP contribution in [0.1, 0.15) is 33.2 Å². The highest BCUT2D eigenvalue weighted by Crippen LogP contribution is 2.16. The lowest BCUT2D eigenvalue weighted by Crippen LogP contribution is -2.29. The summed E-state index contributed by atoms with van der Waals surface area (Å²) in [6.07, 6.45) is -0.751. The van der Waals surface area contributed by atoms with E-state index in [0.29, 0.717) is 11.3 Å². The molecule has 1 unspecified atom stereocenters. The molecular formula is C17H20N2O2. The summed E-state index contributed by atoms with van der Waals surface area (Å²) in [7, 11) is 0. The van der Waals surface area contributed by atoms with Gasteiger partial charge in [0.25, 0.3) is 5.91 Å². The van der Waals surface area contributed by atoms with Crippen LogP contribution in [0, 0.1) is 13.8 Å². The minimum atomic E-state index is -0.751. The van der Waals surface area contributed by atoms with E-state index in [4.69, 9.17) is 5.73 Å². The zero-order valence-electron chi connectivity index (χ0n) is 12.3. The minimum Gasteiger partial charge on any atom is -0.399 e. The first-order valence-electron chi connectivity index (χ1n) is 6.87. The third-order valence-corrected chi connectivity index (χ3v) is 3.49. The second-order valence-electron chi connectivity index (χ2n) is 5.16. The first-order valence-corrected chi connectivity index (χ1v) is 6.87. The third-order valence-electron chi connectivity index (χ3n) is 3.49. The van der Waals surface area contributed by atoms with Crippen molar-refractivity contribution in [2.24, 2.45) is 0 Å². The fraction of sp³-hybridized carbons (Fsp3) is 0.235. The van der Waals surface area contributed by atoms with E-state index in [0.717, 1.165) is 16.7 Å². The van der Waals surface area contributed by atoms with Crippen LogP contribution in [0.3, 0.4) is 0 Å². The van der Waals surface area contributed by atoms with E-state index in [-0.39, 0.29) is 12.5 Å². The van der Waals surface area contributed by atoms with E-state index in [2.05, 4.69) is 5.32 Å². The molecule has 0 saturated heterocycles. The number of aryl methyl sites for hydroxylation is 2. The highest BCUT2D eigenvalue weighted by molar-refractivity contribution is 5.97. The molecule has 0 aliphatic rings. The highest BCUT2D eigenvalue weighted by Gasteiger charge is 2.14. The average Bonchev–Trinajstić information content (AvgIpc) is 2.45. The number of nitrogens with one attached hydrogen (secondary N) is 1. The average molecular weight is 284 g/mol. The Balaban J connectivity index is 2.02. The molecule has 0 bridgehead atoms. The summed E-state index contributed by atoms with van der Waals surface area (Å²) in [6.45, 7) is 3.97. The first kappa shape index (κ1) is 15.1. The molecule has 0 radical (unpaired) electrons. The van der Waals surface area contributed by atoms with Crippen LogP contribution in [-0.4, -0.2) is 17.6 Å². The molecule has 1 amide bonds. The number of aliphatic hydroxyl groups excluding tert-OH is 1. The fourth-order valence-corrected chi connectivity index (χ4v) is 2.29. The molecule has 4 heteroatoms. The molecule has 0 aliphatic heterocycles. The van der Waals surface area contributed by atoms with E-state index in [1.807, 2.05) is 32.0 Å². The van der Waals surface area contributed by atoms with Gasteiger partial charge in [0.05, 0.1) is 6.10 Å². The van der Waals surface area contributed by atoms with Crippen LogP contribution in [-0.2, 0) is 0 Å².